The topological polar surface area (TPSA) is 54.0 Å². The zero-order valence-electron chi connectivity index (χ0n) is 15.9. The van der Waals surface area contributed by atoms with Crippen LogP contribution in [0.1, 0.15) is 24.0 Å². The second kappa shape index (κ2) is 9.51. The average Bonchev–Trinajstić information content (AvgIpc) is 3.54. The van der Waals surface area contributed by atoms with Gasteiger partial charge in [0.1, 0.15) is 23.7 Å². The van der Waals surface area contributed by atoms with E-state index in [9.17, 15) is 4.79 Å². The molecule has 1 fully saturated rings. The number of benzene rings is 2. The summed E-state index contributed by atoms with van der Waals surface area (Å²) in [6.07, 6.45) is 3.87. The molecule has 0 unspecified atom stereocenters. The van der Waals surface area contributed by atoms with E-state index >= 15 is 0 Å². The third-order valence-electron chi connectivity index (χ3n) is 4.40. The van der Waals surface area contributed by atoms with Crippen LogP contribution in [0.25, 0.3) is 5.57 Å². The monoisotopic (exact) mass is 402 g/mol. The van der Waals surface area contributed by atoms with Crippen molar-refractivity contribution in [3.05, 3.63) is 64.9 Å². The number of carbonyl (C=O) groups is 1. The lowest BCUT2D eigenvalue weighted by Crippen LogP contribution is -2.08. The maximum atomic E-state index is 12.1. The number of rotatable bonds is 9. The van der Waals surface area contributed by atoms with Crippen LogP contribution < -0.4 is 9.47 Å². The van der Waals surface area contributed by atoms with E-state index in [1.807, 2.05) is 24.3 Å². The van der Waals surface area contributed by atoms with E-state index in [0.29, 0.717) is 27.8 Å². The first-order valence-corrected chi connectivity index (χ1v) is 9.44. The zero-order chi connectivity index (χ0) is 19.9. The molecule has 0 spiro atoms. The summed E-state index contributed by atoms with van der Waals surface area (Å²) in [5, 5.41) is 0.549. The molecule has 1 aliphatic rings. The van der Waals surface area contributed by atoms with Gasteiger partial charge in [0.05, 0.1) is 27.1 Å². The summed E-state index contributed by atoms with van der Waals surface area (Å²) in [5.74, 6) is 1.74. The van der Waals surface area contributed by atoms with Crippen molar-refractivity contribution in [2.75, 3.05) is 20.8 Å². The van der Waals surface area contributed by atoms with Crippen molar-refractivity contribution < 1.29 is 23.7 Å². The van der Waals surface area contributed by atoms with E-state index in [4.69, 9.17) is 30.5 Å². The van der Waals surface area contributed by atoms with Crippen molar-refractivity contribution in [1.29, 1.82) is 0 Å². The van der Waals surface area contributed by atoms with Gasteiger partial charge in [-0.1, -0.05) is 17.7 Å². The normalized spacial score (nSPS) is 13.8. The van der Waals surface area contributed by atoms with Crippen molar-refractivity contribution in [3.63, 3.8) is 0 Å². The molecule has 0 radical (unpaired) electrons. The molecule has 3 rings (SSSR count). The largest absolute Gasteiger partial charge is 0.503 e. The Morgan fingerprint density at radius 1 is 1.07 bits per heavy atom. The Labute approximate surface area is 169 Å². The van der Waals surface area contributed by atoms with Gasteiger partial charge in [-0.15, -0.1) is 0 Å². The predicted octanol–water partition coefficient (Wildman–Crippen LogP) is 4.87. The number of hydrogen-bond donors (Lipinski definition) is 0. The van der Waals surface area contributed by atoms with Gasteiger partial charge in [0.2, 0.25) is 0 Å². The van der Waals surface area contributed by atoms with Gasteiger partial charge < -0.3 is 18.9 Å². The van der Waals surface area contributed by atoms with Crippen molar-refractivity contribution in [1.82, 2.24) is 0 Å². The average molecular weight is 403 g/mol. The van der Waals surface area contributed by atoms with E-state index < -0.39 is 5.97 Å². The Morgan fingerprint density at radius 3 is 2.36 bits per heavy atom. The molecule has 0 amide bonds. The lowest BCUT2D eigenvalue weighted by molar-refractivity contribution is -0.133. The van der Waals surface area contributed by atoms with Gasteiger partial charge in [0, 0.05) is 5.02 Å². The van der Waals surface area contributed by atoms with E-state index in [-0.39, 0.29) is 6.61 Å². The summed E-state index contributed by atoms with van der Waals surface area (Å²) in [6, 6.07) is 12.7. The molecule has 0 atom stereocenters. The van der Waals surface area contributed by atoms with Gasteiger partial charge in [0.25, 0.3) is 0 Å². The summed E-state index contributed by atoms with van der Waals surface area (Å²) in [7, 11) is 2.80. The van der Waals surface area contributed by atoms with Crippen LogP contribution in [0.15, 0.2) is 48.7 Å². The molecule has 6 heteroatoms. The van der Waals surface area contributed by atoms with Crippen molar-refractivity contribution in [2.24, 2.45) is 5.92 Å². The fourth-order valence-corrected chi connectivity index (χ4v) is 2.88. The van der Waals surface area contributed by atoms with Gasteiger partial charge in [-0.3, -0.25) is 0 Å². The SMILES string of the molecule is CO/C=C(/C(=O)OC)c1ccc(Cl)cc1COc1ccc(OCC2CC2)cc1. The molecule has 5 nitrogen and oxygen atoms in total. The molecule has 1 saturated carbocycles. The van der Waals surface area contributed by atoms with E-state index in [2.05, 4.69) is 0 Å². The highest BCUT2D eigenvalue weighted by Crippen LogP contribution is 2.30. The van der Waals surface area contributed by atoms with Crippen LogP contribution in [-0.4, -0.2) is 26.8 Å². The summed E-state index contributed by atoms with van der Waals surface area (Å²) in [4.78, 5) is 12.1. The van der Waals surface area contributed by atoms with E-state index in [1.54, 1.807) is 18.2 Å². The second-order valence-electron chi connectivity index (χ2n) is 6.57. The number of esters is 1. The van der Waals surface area contributed by atoms with Crippen LogP contribution in [0.4, 0.5) is 0 Å². The summed E-state index contributed by atoms with van der Waals surface area (Å²) >= 11 is 6.14. The number of ether oxygens (including phenoxy) is 4. The first kappa shape index (κ1) is 20.1. The maximum absolute atomic E-state index is 12.1. The number of carbonyl (C=O) groups excluding carboxylic acids is 1. The van der Waals surface area contributed by atoms with E-state index in [0.717, 1.165) is 17.9 Å². The Balaban J connectivity index is 1.71. The van der Waals surface area contributed by atoms with Crippen LogP contribution in [0.5, 0.6) is 11.5 Å². The minimum atomic E-state index is -0.498. The molecule has 2 aromatic carbocycles. The molecule has 148 valence electrons. The third kappa shape index (κ3) is 5.42. The highest BCUT2D eigenvalue weighted by molar-refractivity contribution is 6.30. The molecule has 28 heavy (non-hydrogen) atoms. The van der Waals surface area contributed by atoms with Crippen LogP contribution in [0, 0.1) is 5.92 Å². The zero-order valence-corrected chi connectivity index (χ0v) is 16.7. The Morgan fingerprint density at radius 2 is 1.75 bits per heavy atom. The van der Waals surface area contributed by atoms with Gasteiger partial charge >= 0.3 is 5.97 Å². The first-order valence-electron chi connectivity index (χ1n) is 9.06. The number of hydrogen-bond acceptors (Lipinski definition) is 5. The maximum Gasteiger partial charge on any atom is 0.341 e. The summed E-state index contributed by atoms with van der Waals surface area (Å²) < 4.78 is 21.5. The second-order valence-corrected chi connectivity index (χ2v) is 7.01. The lowest BCUT2D eigenvalue weighted by atomic mass is 10.0. The summed E-state index contributed by atoms with van der Waals surface area (Å²) in [6.45, 7) is 1.00. The molecule has 0 heterocycles. The molecular formula is C22H23ClO5. The molecule has 0 saturated heterocycles. The fraction of sp³-hybridized carbons (Fsp3) is 0.318. The summed E-state index contributed by atoms with van der Waals surface area (Å²) in [5.41, 5.74) is 1.68. The Kier molecular flexibility index (Phi) is 6.82. The highest BCUT2D eigenvalue weighted by atomic mass is 35.5. The molecule has 2 aromatic rings. The van der Waals surface area contributed by atoms with Gasteiger partial charge in [-0.2, -0.15) is 0 Å². The molecule has 1 aliphatic carbocycles. The molecule has 0 N–H and O–H groups in total. The van der Waals surface area contributed by atoms with Gasteiger partial charge in [0.15, 0.2) is 0 Å². The van der Waals surface area contributed by atoms with Crippen LogP contribution in [0.3, 0.4) is 0 Å². The molecule has 0 bridgehead atoms. The highest BCUT2D eigenvalue weighted by Gasteiger charge is 2.22. The van der Waals surface area contributed by atoms with Crippen LogP contribution >= 0.6 is 11.6 Å². The fourth-order valence-electron chi connectivity index (χ4n) is 2.69. The van der Waals surface area contributed by atoms with E-state index in [1.165, 1.54) is 33.3 Å². The predicted molar refractivity (Wildman–Crippen MR) is 107 cm³/mol. The quantitative estimate of drug-likeness (QED) is 0.340. The minimum absolute atomic E-state index is 0.232. The first-order chi connectivity index (χ1) is 13.6. The van der Waals surface area contributed by atoms with Crippen molar-refractivity contribution >= 4 is 23.1 Å². The molecular weight excluding hydrogens is 380 g/mol. The number of halogens is 1. The Bertz CT molecular complexity index is 841. The Hall–Kier alpha value is -2.66. The minimum Gasteiger partial charge on any atom is -0.503 e. The molecule has 0 aromatic heterocycles. The number of methoxy groups -OCH3 is 2. The van der Waals surface area contributed by atoms with Crippen molar-refractivity contribution in [3.8, 4) is 11.5 Å². The van der Waals surface area contributed by atoms with Gasteiger partial charge in [-0.25, -0.2) is 4.79 Å². The van der Waals surface area contributed by atoms with Crippen LogP contribution in [0.2, 0.25) is 5.02 Å². The standard InChI is InChI=1S/C22H23ClO5/c1-25-14-21(22(24)26-2)20-10-5-17(23)11-16(20)13-28-19-8-6-18(7-9-19)27-12-15-3-4-15/h5-11,14-15H,3-4,12-13H2,1-2H3/b21-14+. The molecule has 0 aliphatic heterocycles. The van der Waals surface area contributed by atoms with Crippen LogP contribution in [-0.2, 0) is 20.9 Å². The van der Waals surface area contributed by atoms with Crippen molar-refractivity contribution in [2.45, 2.75) is 19.4 Å². The smallest absolute Gasteiger partial charge is 0.341 e. The third-order valence-corrected chi connectivity index (χ3v) is 4.63. The lowest BCUT2D eigenvalue weighted by Gasteiger charge is -2.14. The van der Waals surface area contributed by atoms with Gasteiger partial charge in [-0.05, 0) is 66.3 Å².